The number of benzene rings is 1. The number of rotatable bonds is 9. The van der Waals surface area contributed by atoms with Gasteiger partial charge in [0, 0.05) is 49.9 Å². The molecular formula is C20H28N2O3S. The predicted octanol–water partition coefficient (Wildman–Crippen LogP) is 3.49. The molecule has 0 atom stereocenters. The fourth-order valence-electron chi connectivity index (χ4n) is 2.91. The quantitative estimate of drug-likeness (QED) is 0.669. The van der Waals surface area contributed by atoms with Gasteiger partial charge in [0.1, 0.15) is 6.61 Å². The van der Waals surface area contributed by atoms with Crippen molar-refractivity contribution < 1.29 is 14.2 Å². The monoisotopic (exact) mass is 376 g/mol. The molecule has 0 radical (unpaired) electrons. The van der Waals surface area contributed by atoms with Crippen molar-refractivity contribution in [3.05, 3.63) is 40.6 Å². The van der Waals surface area contributed by atoms with E-state index in [2.05, 4.69) is 40.4 Å². The summed E-state index contributed by atoms with van der Waals surface area (Å²) in [5.41, 5.74) is 1.14. The van der Waals surface area contributed by atoms with Crippen molar-refractivity contribution in [2.75, 3.05) is 57.9 Å². The second-order valence-corrected chi connectivity index (χ2v) is 7.34. The number of anilines is 1. The van der Waals surface area contributed by atoms with Crippen LogP contribution < -0.4 is 14.4 Å². The molecule has 2 aromatic rings. The zero-order valence-electron chi connectivity index (χ0n) is 15.6. The van der Waals surface area contributed by atoms with E-state index in [1.807, 2.05) is 19.1 Å². The second kappa shape index (κ2) is 9.80. The van der Waals surface area contributed by atoms with E-state index in [0.717, 1.165) is 56.6 Å². The highest BCUT2D eigenvalue weighted by Gasteiger charge is 2.13. The van der Waals surface area contributed by atoms with Crippen molar-refractivity contribution in [1.82, 2.24) is 4.90 Å². The largest absolute Gasteiger partial charge is 0.490 e. The summed E-state index contributed by atoms with van der Waals surface area (Å²) in [7, 11) is 2.12. The van der Waals surface area contributed by atoms with Crippen molar-refractivity contribution in [2.45, 2.75) is 13.5 Å². The lowest BCUT2D eigenvalue weighted by atomic mass is 10.2. The molecule has 5 nitrogen and oxygen atoms in total. The lowest BCUT2D eigenvalue weighted by Crippen LogP contribution is -2.40. The minimum atomic E-state index is 0.573. The predicted molar refractivity (Wildman–Crippen MR) is 107 cm³/mol. The molecule has 0 unspecified atom stereocenters. The Hall–Kier alpha value is -1.76. The lowest BCUT2D eigenvalue weighted by molar-refractivity contribution is 0.0393. The van der Waals surface area contributed by atoms with Gasteiger partial charge in [0.25, 0.3) is 0 Å². The molecule has 1 aliphatic rings. The first kappa shape index (κ1) is 19.0. The molecule has 0 saturated carbocycles. The molecular weight excluding hydrogens is 348 g/mol. The Labute approximate surface area is 160 Å². The summed E-state index contributed by atoms with van der Waals surface area (Å²) in [6, 6.07) is 10.3. The van der Waals surface area contributed by atoms with E-state index >= 15 is 0 Å². The Morgan fingerprint density at radius 3 is 2.73 bits per heavy atom. The van der Waals surface area contributed by atoms with E-state index in [1.54, 1.807) is 11.3 Å². The van der Waals surface area contributed by atoms with E-state index in [9.17, 15) is 0 Å². The van der Waals surface area contributed by atoms with Gasteiger partial charge in [-0.05, 0) is 30.5 Å². The fraction of sp³-hybridized carbons (Fsp3) is 0.500. The maximum absolute atomic E-state index is 5.97. The Morgan fingerprint density at radius 1 is 1.15 bits per heavy atom. The summed E-state index contributed by atoms with van der Waals surface area (Å²) >= 11 is 1.70. The number of hydrogen-bond donors (Lipinski definition) is 0. The van der Waals surface area contributed by atoms with Gasteiger partial charge in [0.2, 0.25) is 0 Å². The smallest absolute Gasteiger partial charge is 0.163 e. The van der Waals surface area contributed by atoms with E-state index < -0.39 is 0 Å². The van der Waals surface area contributed by atoms with Crippen LogP contribution in [0.25, 0.3) is 0 Å². The van der Waals surface area contributed by atoms with Crippen molar-refractivity contribution in [3.8, 4) is 11.5 Å². The molecule has 0 aliphatic carbocycles. The number of ether oxygens (including phenoxy) is 3. The zero-order chi connectivity index (χ0) is 18.2. The van der Waals surface area contributed by atoms with Crippen molar-refractivity contribution >= 4 is 17.0 Å². The van der Waals surface area contributed by atoms with Crippen LogP contribution in [0.4, 0.5) is 5.69 Å². The van der Waals surface area contributed by atoms with Gasteiger partial charge < -0.3 is 19.1 Å². The molecule has 1 fully saturated rings. The molecule has 0 spiro atoms. The summed E-state index contributed by atoms with van der Waals surface area (Å²) in [5.74, 6) is 1.60. The van der Waals surface area contributed by atoms with Gasteiger partial charge in [-0.1, -0.05) is 6.07 Å². The Kier molecular flexibility index (Phi) is 7.17. The van der Waals surface area contributed by atoms with Crippen molar-refractivity contribution in [3.63, 3.8) is 0 Å². The molecule has 6 heteroatoms. The molecule has 1 aliphatic heterocycles. The normalized spacial score (nSPS) is 15.0. The van der Waals surface area contributed by atoms with E-state index in [1.165, 1.54) is 4.88 Å². The van der Waals surface area contributed by atoms with Crippen LogP contribution in [0.15, 0.2) is 35.7 Å². The van der Waals surface area contributed by atoms with Crippen LogP contribution in [-0.2, 0) is 11.3 Å². The Bertz CT molecular complexity index is 657. The summed E-state index contributed by atoms with van der Waals surface area (Å²) < 4.78 is 17.2. The van der Waals surface area contributed by atoms with Crippen LogP contribution >= 0.6 is 11.3 Å². The topological polar surface area (TPSA) is 34.2 Å². The van der Waals surface area contributed by atoms with Gasteiger partial charge in [-0.25, -0.2) is 0 Å². The molecule has 0 bridgehead atoms. The van der Waals surface area contributed by atoms with Gasteiger partial charge in [-0.2, -0.15) is 0 Å². The molecule has 0 amide bonds. The van der Waals surface area contributed by atoms with Crippen LogP contribution in [0.1, 0.15) is 11.8 Å². The molecule has 142 valence electrons. The van der Waals surface area contributed by atoms with Crippen molar-refractivity contribution in [2.24, 2.45) is 0 Å². The number of nitrogens with zero attached hydrogens (tertiary/aromatic N) is 2. The minimum absolute atomic E-state index is 0.573. The molecule has 26 heavy (non-hydrogen) atoms. The van der Waals surface area contributed by atoms with E-state index in [4.69, 9.17) is 14.2 Å². The van der Waals surface area contributed by atoms with Gasteiger partial charge >= 0.3 is 0 Å². The Morgan fingerprint density at radius 2 is 2.00 bits per heavy atom. The fourth-order valence-corrected chi connectivity index (χ4v) is 3.53. The Balaban J connectivity index is 1.60. The van der Waals surface area contributed by atoms with Gasteiger partial charge in [0.15, 0.2) is 11.5 Å². The first-order valence-electron chi connectivity index (χ1n) is 9.19. The number of thiophene rings is 1. The summed E-state index contributed by atoms with van der Waals surface area (Å²) in [4.78, 5) is 5.92. The molecule has 3 rings (SSSR count). The van der Waals surface area contributed by atoms with Crippen LogP contribution in [0.5, 0.6) is 11.5 Å². The van der Waals surface area contributed by atoms with Gasteiger partial charge in [0.05, 0.1) is 19.8 Å². The maximum Gasteiger partial charge on any atom is 0.163 e. The second-order valence-electron chi connectivity index (χ2n) is 6.31. The van der Waals surface area contributed by atoms with E-state index in [-0.39, 0.29) is 0 Å². The summed E-state index contributed by atoms with van der Waals surface area (Å²) in [6.07, 6.45) is 0. The third kappa shape index (κ3) is 5.37. The third-order valence-corrected chi connectivity index (χ3v) is 5.32. The van der Waals surface area contributed by atoms with Gasteiger partial charge in [-0.3, -0.25) is 4.90 Å². The summed E-state index contributed by atoms with van der Waals surface area (Å²) in [6.45, 7) is 8.93. The summed E-state index contributed by atoms with van der Waals surface area (Å²) in [5, 5.41) is 2.06. The lowest BCUT2D eigenvalue weighted by Gasteiger charge is -2.29. The number of likely N-dealkylation sites (N-methyl/N-ethyl adjacent to an activating group) is 1. The first-order chi connectivity index (χ1) is 12.8. The third-order valence-electron chi connectivity index (χ3n) is 4.47. The standard InChI is InChI=1S/C20H28N2O3S/c1-3-24-20-15-17(21(2)8-9-22-10-12-23-13-11-22)6-7-19(20)25-16-18-5-4-14-26-18/h4-7,14-15H,3,8-13,16H2,1-2H3. The number of hydrogen-bond acceptors (Lipinski definition) is 6. The van der Waals surface area contributed by atoms with Crippen LogP contribution in [-0.4, -0.2) is 57.9 Å². The zero-order valence-corrected chi connectivity index (χ0v) is 16.5. The highest BCUT2D eigenvalue weighted by molar-refractivity contribution is 7.09. The van der Waals surface area contributed by atoms with E-state index in [0.29, 0.717) is 13.2 Å². The van der Waals surface area contributed by atoms with Gasteiger partial charge in [-0.15, -0.1) is 11.3 Å². The van der Waals surface area contributed by atoms with Crippen molar-refractivity contribution in [1.29, 1.82) is 0 Å². The average molecular weight is 377 g/mol. The van der Waals surface area contributed by atoms with Crippen LogP contribution in [0, 0.1) is 0 Å². The highest BCUT2D eigenvalue weighted by Crippen LogP contribution is 2.32. The molecule has 0 N–H and O–H groups in total. The maximum atomic E-state index is 5.97. The molecule has 1 aromatic carbocycles. The minimum Gasteiger partial charge on any atom is -0.490 e. The molecule has 1 saturated heterocycles. The molecule has 2 heterocycles. The molecule has 1 aromatic heterocycles. The SMILES string of the molecule is CCOc1cc(N(C)CCN2CCOCC2)ccc1OCc1cccs1. The highest BCUT2D eigenvalue weighted by atomic mass is 32.1. The first-order valence-corrected chi connectivity index (χ1v) is 10.1. The van der Waals surface area contributed by atoms with Crippen LogP contribution in [0.2, 0.25) is 0 Å². The average Bonchev–Trinajstić information content (AvgIpc) is 3.20. The van der Waals surface area contributed by atoms with Crippen LogP contribution in [0.3, 0.4) is 0 Å². The number of morpholine rings is 1.